The number of imide groups is 1. The lowest BCUT2D eigenvalue weighted by Crippen LogP contribution is -2.52. The highest BCUT2D eigenvalue weighted by atomic mass is 16.2. The van der Waals surface area contributed by atoms with Crippen molar-refractivity contribution in [2.24, 2.45) is 0 Å². The number of piperazine rings is 1. The van der Waals surface area contributed by atoms with Gasteiger partial charge >= 0.3 is 6.03 Å². The van der Waals surface area contributed by atoms with Crippen LogP contribution in [0.15, 0.2) is 55.1 Å². The molecule has 4 amide bonds. The summed E-state index contributed by atoms with van der Waals surface area (Å²) in [6, 6.07) is 13.1. The van der Waals surface area contributed by atoms with Crippen molar-refractivity contribution in [2.45, 2.75) is 0 Å². The molecule has 0 saturated carbocycles. The molecule has 2 aromatic carbocycles. The van der Waals surface area contributed by atoms with Crippen LogP contribution in [-0.4, -0.2) is 66.9 Å². The van der Waals surface area contributed by atoms with E-state index in [2.05, 4.69) is 17.2 Å². The summed E-state index contributed by atoms with van der Waals surface area (Å²) in [4.78, 5) is 40.1. The third kappa shape index (κ3) is 4.75. The largest absolute Gasteiger partial charge is 0.336 e. The van der Waals surface area contributed by atoms with Gasteiger partial charge in [0.15, 0.2) is 0 Å². The Morgan fingerprint density at radius 1 is 1.00 bits per heavy atom. The number of hydrogen-bond donors (Lipinski definition) is 2. The molecule has 1 aliphatic heterocycles. The van der Waals surface area contributed by atoms with Crippen molar-refractivity contribution in [2.75, 3.05) is 39.3 Å². The molecule has 0 aromatic heterocycles. The fourth-order valence-corrected chi connectivity index (χ4v) is 3.27. The van der Waals surface area contributed by atoms with Crippen LogP contribution >= 0.6 is 0 Å². The second kappa shape index (κ2) is 9.14. The fourth-order valence-electron chi connectivity index (χ4n) is 3.27. The summed E-state index contributed by atoms with van der Waals surface area (Å²) in [6.45, 7) is 6.16. The molecular formula is C21H24N4O3. The number of fused-ring (bicyclic) bond motifs is 1. The molecule has 1 saturated heterocycles. The Morgan fingerprint density at radius 2 is 1.71 bits per heavy atom. The highest BCUT2D eigenvalue weighted by Crippen LogP contribution is 2.20. The number of carbonyl (C=O) groups is 3. The molecule has 0 unspecified atom stereocenters. The van der Waals surface area contributed by atoms with E-state index >= 15 is 0 Å². The van der Waals surface area contributed by atoms with E-state index in [1.807, 2.05) is 52.3 Å². The van der Waals surface area contributed by atoms with Crippen LogP contribution in [0.4, 0.5) is 4.79 Å². The quantitative estimate of drug-likeness (QED) is 0.772. The maximum atomic E-state index is 13.0. The maximum Gasteiger partial charge on any atom is 0.321 e. The molecule has 146 valence electrons. The lowest BCUT2D eigenvalue weighted by molar-refractivity contribution is -0.121. The van der Waals surface area contributed by atoms with E-state index in [0.717, 1.165) is 10.8 Å². The van der Waals surface area contributed by atoms with Crippen LogP contribution < -0.4 is 10.6 Å². The topological polar surface area (TPSA) is 81.8 Å². The normalized spacial score (nSPS) is 14.5. The SMILES string of the molecule is C=CCNC(=O)NC(=O)CN1CCN(C(=O)c2cccc3ccccc23)CC1. The van der Waals surface area contributed by atoms with Crippen molar-refractivity contribution in [3.05, 3.63) is 60.7 Å². The van der Waals surface area contributed by atoms with E-state index in [1.54, 1.807) is 0 Å². The van der Waals surface area contributed by atoms with E-state index in [4.69, 9.17) is 0 Å². The lowest BCUT2D eigenvalue weighted by atomic mass is 10.0. The highest BCUT2D eigenvalue weighted by Gasteiger charge is 2.24. The van der Waals surface area contributed by atoms with Crippen LogP contribution in [0.25, 0.3) is 10.8 Å². The van der Waals surface area contributed by atoms with E-state index in [-0.39, 0.29) is 18.4 Å². The van der Waals surface area contributed by atoms with Gasteiger partial charge in [0.2, 0.25) is 5.91 Å². The zero-order valence-electron chi connectivity index (χ0n) is 15.7. The number of amides is 4. The Labute approximate surface area is 164 Å². The molecule has 0 bridgehead atoms. The second-order valence-electron chi connectivity index (χ2n) is 6.64. The van der Waals surface area contributed by atoms with Gasteiger partial charge in [-0.25, -0.2) is 4.79 Å². The van der Waals surface area contributed by atoms with Gasteiger partial charge in [-0.3, -0.25) is 19.8 Å². The molecule has 0 radical (unpaired) electrons. The predicted molar refractivity (Wildman–Crippen MR) is 108 cm³/mol. The summed E-state index contributed by atoms with van der Waals surface area (Å²) in [5.41, 5.74) is 0.697. The third-order valence-corrected chi connectivity index (χ3v) is 4.71. The molecule has 2 N–H and O–H groups in total. The molecule has 3 rings (SSSR count). The standard InChI is InChI=1S/C21H24N4O3/c1-2-10-22-21(28)23-19(26)15-24-11-13-25(14-12-24)20(27)18-9-5-7-16-6-3-4-8-17(16)18/h2-9H,1,10-15H2,(H2,22,23,26,28). The molecule has 0 atom stereocenters. The fraction of sp³-hybridized carbons (Fsp3) is 0.286. The van der Waals surface area contributed by atoms with Crippen LogP contribution in [-0.2, 0) is 4.79 Å². The van der Waals surface area contributed by atoms with Crippen molar-refractivity contribution in [1.82, 2.24) is 20.4 Å². The average molecular weight is 380 g/mol. The molecule has 7 nitrogen and oxygen atoms in total. The summed E-state index contributed by atoms with van der Waals surface area (Å²) in [5.74, 6) is -0.361. The van der Waals surface area contributed by atoms with Gasteiger partial charge in [-0.1, -0.05) is 42.5 Å². The minimum atomic E-state index is -0.533. The zero-order chi connectivity index (χ0) is 19.9. The van der Waals surface area contributed by atoms with Gasteiger partial charge in [-0.05, 0) is 16.8 Å². The number of rotatable bonds is 5. The first kappa shape index (κ1) is 19.6. The number of hydrogen-bond acceptors (Lipinski definition) is 4. The number of nitrogens with one attached hydrogen (secondary N) is 2. The number of nitrogens with zero attached hydrogens (tertiary/aromatic N) is 2. The molecule has 1 heterocycles. The molecule has 0 spiro atoms. The van der Waals surface area contributed by atoms with Gasteiger partial charge in [-0.2, -0.15) is 0 Å². The van der Waals surface area contributed by atoms with Crippen molar-refractivity contribution < 1.29 is 14.4 Å². The summed E-state index contributed by atoms with van der Waals surface area (Å²) < 4.78 is 0. The summed E-state index contributed by atoms with van der Waals surface area (Å²) in [6.07, 6.45) is 1.54. The minimum Gasteiger partial charge on any atom is -0.336 e. The Balaban J connectivity index is 1.53. The van der Waals surface area contributed by atoms with Crippen molar-refractivity contribution in [3.8, 4) is 0 Å². The Hall–Kier alpha value is -3.19. The van der Waals surface area contributed by atoms with Gasteiger partial charge in [0.25, 0.3) is 5.91 Å². The van der Waals surface area contributed by atoms with Gasteiger partial charge in [0.05, 0.1) is 6.54 Å². The first-order valence-corrected chi connectivity index (χ1v) is 9.26. The maximum absolute atomic E-state index is 13.0. The van der Waals surface area contributed by atoms with Crippen LogP contribution in [0, 0.1) is 0 Å². The molecule has 1 aliphatic rings. The summed E-state index contributed by atoms with van der Waals surface area (Å²) >= 11 is 0. The van der Waals surface area contributed by atoms with Gasteiger partial charge in [-0.15, -0.1) is 6.58 Å². The van der Waals surface area contributed by atoms with Crippen molar-refractivity contribution >= 4 is 28.6 Å². The summed E-state index contributed by atoms with van der Waals surface area (Å²) in [5, 5.41) is 6.76. The molecule has 0 aliphatic carbocycles. The van der Waals surface area contributed by atoms with Gasteiger partial charge in [0.1, 0.15) is 0 Å². The summed E-state index contributed by atoms with van der Waals surface area (Å²) in [7, 11) is 0. The smallest absolute Gasteiger partial charge is 0.321 e. The zero-order valence-corrected chi connectivity index (χ0v) is 15.7. The van der Waals surface area contributed by atoms with Crippen molar-refractivity contribution in [1.29, 1.82) is 0 Å². The van der Waals surface area contributed by atoms with Crippen LogP contribution in [0.1, 0.15) is 10.4 Å². The van der Waals surface area contributed by atoms with Crippen LogP contribution in [0.2, 0.25) is 0 Å². The van der Waals surface area contributed by atoms with Gasteiger partial charge < -0.3 is 10.2 Å². The molecular weight excluding hydrogens is 356 g/mol. The minimum absolute atomic E-state index is 0.00436. The van der Waals surface area contributed by atoms with Crippen molar-refractivity contribution in [3.63, 3.8) is 0 Å². The molecule has 2 aromatic rings. The second-order valence-corrected chi connectivity index (χ2v) is 6.64. The van der Waals surface area contributed by atoms with Crippen LogP contribution in [0.3, 0.4) is 0 Å². The first-order valence-electron chi connectivity index (χ1n) is 9.26. The highest BCUT2D eigenvalue weighted by molar-refractivity contribution is 6.07. The Morgan fingerprint density at radius 3 is 2.46 bits per heavy atom. The van der Waals surface area contributed by atoms with Gasteiger partial charge in [0, 0.05) is 38.3 Å². The monoisotopic (exact) mass is 380 g/mol. The number of benzene rings is 2. The molecule has 1 fully saturated rings. The number of urea groups is 1. The Bertz CT molecular complexity index is 883. The first-order chi connectivity index (χ1) is 13.6. The molecule has 7 heteroatoms. The predicted octanol–water partition coefficient (Wildman–Crippen LogP) is 1.61. The van der Waals surface area contributed by atoms with Crippen LogP contribution in [0.5, 0.6) is 0 Å². The molecule has 28 heavy (non-hydrogen) atoms. The Kier molecular flexibility index (Phi) is 6.39. The third-order valence-electron chi connectivity index (χ3n) is 4.71. The lowest BCUT2D eigenvalue weighted by Gasteiger charge is -2.34. The van der Waals surface area contributed by atoms with E-state index in [0.29, 0.717) is 38.3 Å². The van der Waals surface area contributed by atoms with E-state index in [1.165, 1.54) is 6.08 Å². The number of carbonyl (C=O) groups excluding carboxylic acids is 3. The average Bonchev–Trinajstić information content (AvgIpc) is 2.71. The van der Waals surface area contributed by atoms with E-state index < -0.39 is 6.03 Å². The van der Waals surface area contributed by atoms with E-state index in [9.17, 15) is 14.4 Å².